The number of aromatic nitrogens is 2. The number of hydrogen-bond acceptors (Lipinski definition) is 3. The molecule has 5 nitrogen and oxygen atoms in total. The Morgan fingerprint density at radius 2 is 2.35 bits per heavy atom. The lowest BCUT2D eigenvalue weighted by Crippen LogP contribution is -2.37. The highest BCUT2D eigenvalue weighted by Crippen LogP contribution is 2.12. The molecule has 5 heteroatoms. The Balaban J connectivity index is 2.08. The van der Waals surface area contributed by atoms with Crippen LogP contribution in [-0.2, 0) is 0 Å². The fourth-order valence-corrected chi connectivity index (χ4v) is 1.53. The quantitative estimate of drug-likeness (QED) is 0.733. The fraction of sp³-hybridized carbons (Fsp3) is 0.333. The molecule has 1 atom stereocenters. The molecule has 0 radical (unpaired) electrons. The normalized spacial score (nSPS) is 12.6. The van der Waals surface area contributed by atoms with Gasteiger partial charge in [-0.2, -0.15) is 5.10 Å². The molecule has 1 heterocycles. The molecule has 0 fully saturated rings. The van der Waals surface area contributed by atoms with Crippen LogP contribution in [0.2, 0.25) is 0 Å². The topological polar surface area (TPSA) is 69.8 Å². The second-order valence-corrected chi connectivity index (χ2v) is 4.07. The van der Waals surface area contributed by atoms with Crippen molar-refractivity contribution in [3.05, 3.63) is 30.0 Å². The molecule has 1 unspecified atom stereocenters. The lowest BCUT2D eigenvalue weighted by molar-refractivity contribution is 0.0950. The highest BCUT2D eigenvalue weighted by Gasteiger charge is 2.07. The molecule has 2 rings (SSSR count). The predicted molar refractivity (Wildman–Crippen MR) is 66.9 cm³/mol. The maximum Gasteiger partial charge on any atom is 0.251 e. The van der Waals surface area contributed by atoms with Crippen molar-refractivity contribution in [1.29, 1.82) is 0 Å². The number of likely N-dealkylation sites (N-methyl/N-ethyl adjacent to an activating group) is 1. The summed E-state index contributed by atoms with van der Waals surface area (Å²) in [5.74, 6) is -0.0661. The van der Waals surface area contributed by atoms with Gasteiger partial charge >= 0.3 is 0 Å². The van der Waals surface area contributed by atoms with Gasteiger partial charge in [0.15, 0.2) is 0 Å². The Hall–Kier alpha value is -1.88. The van der Waals surface area contributed by atoms with Crippen LogP contribution in [-0.4, -0.2) is 35.7 Å². The number of carbonyl (C=O) groups is 1. The number of amides is 1. The number of nitrogens with one attached hydrogen (secondary N) is 3. The van der Waals surface area contributed by atoms with E-state index in [1.54, 1.807) is 12.3 Å². The maximum absolute atomic E-state index is 11.9. The third-order valence-corrected chi connectivity index (χ3v) is 2.77. The molecule has 0 saturated heterocycles. The van der Waals surface area contributed by atoms with Crippen molar-refractivity contribution in [1.82, 2.24) is 20.8 Å². The minimum Gasteiger partial charge on any atom is -0.350 e. The number of carbonyl (C=O) groups excluding carboxylic acids is 1. The predicted octanol–water partition coefficient (Wildman–Crippen LogP) is 0.901. The molecule has 1 amide bonds. The van der Waals surface area contributed by atoms with Crippen LogP contribution in [0.15, 0.2) is 24.4 Å². The second-order valence-electron chi connectivity index (χ2n) is 4.07. The Morgan fingerprint density at radius 3 is 3.12 bits per heavy atom. The first-order valence-electron chi connectivity index (χ1n) is 5.59. The first-order valence-corrected chi connectivity index (χ1v) is 5.59. The SMILES string of the molecule is CNC(C)CNC(=O)c1ccc2cn[nH]c2c1. The van der Waals surface area contributed by atoms with Crippen LogP contribution < -0.4 is 10.6 Å². The molecule has 0 saturated carbocycles. The largest absolute Gasteiger partial charge is 0.350 e. The van der Waals surface area contributed by atoms with Crippen LogP contribution in [0.25, 0.3) is 10.9 Å². The molecule has 0 bridgehead atoms. The highest BCUT2D eigenvalue weighted by molar-refractivity contribution is 5.97. The number of nitrogens with zero attached hydrogens (tertiary/aromatic N) is 1. The standard InChI is InChI=1S/C12H16N4O/c1-8(13-2)6-14-12(17)9-3-4-10-7-15-16-11(10)5-9/h3-5,7-8,13H,6H2,1-2H3,(H,14,17)(H,15,16). The number of hydrogen-bond donors (Lipinski definition) is 3. The van der Waals surface area contributed by atoms with Crippen LogP contribution in [0.3, 0.4) is 0 Å². The molecule has 1 aromatic heterocycles. The highest BCUT2D eigenvalue weighted by atomic mass is 16.1. The third kappa shape index (κ3) is 2.62. The van der Waals surface area contributed by atoms with Crippen LogP contribution in [0, 0.1) is 0 Å². The van der Waals surface area contributed by atoms with Crippen molar-refractivity contribution in [2.75, 3.05) is 13.6 Å². The molecule has 0 aliphatic heterocycles. The van der Waals surface area contributed by atoms with Crippen LogP contribution in [0.1, 0.15) is 17.3 Å². The average molecular weight is 232 g/mol. The van der Waals surface area contributed by atoms with Gasteiger partial charge in [-0.15, -0.1) is 0 Å². The van der Waals surface area contributed by atoms with Gasteiger partial charge in [0, 0.05) is 23.5 Å². The Bertz CT molecular complexity index is 520. The van der Waals surface area contributed by atoms with Crippen LogP contribution >= 0.6 is 0 Å². The summed E-state index contributed by atoms with van der Waals surface area (Å²) in [6.07, 6.45) is 1.74. The molecule has 2 aromatic rings. The van der Waals surface area contributed by atoms with E-state index in [0.29, 0.717) is 12.1 Å². The monoisotopic (exact) mass is 232 g/mol. The smallest absolute Gasteiger partial charge is 0.251 e. The summed E-state index contributed by atoms with van der Waals surface area (Å²) in [4.78, 5) is 11.9. The molecule has 1 aromatic carbocycles. The summed E-state index contributed by atoms with van der Waals surface area (Å²) in [7, 11) is 1.87. The van der Waals surface area contributed by atoms with Gasteiger partial charge in [0.2, 0.25) is 0 Å². The van der Waals surface area contributed by atoms with E-state index in [9.17, 15) is 4.79 Å². The van der Waals surface area contributed by atoms with Crippen molar-refractivity contribution in [3.8, 4) is 0 Å². The summed E-state index contributed by atoms with van der Waals surface area (Å²) in [6, 6.07) is 5.75. The van der Waals surface area contributed by atoms with E-state index in [1.165, 1.54) is 0 Å². The van der Waals surface area contributed by atoms with Gasteiger partial charge in [-0.05, 0) is 26.1 Å². The Labute approximate surface area is 99.6 Å². The fourth-order valence-electron chi connectivity index (χ4n) is 1.53. The molecule has 0 aliphatic rings. The van der Waals surface area contributed by atoms with Crippen molar-refractivity contribution in [2.45, 2.75) is 13.0 Å². The number of rotatable bonds is 4. The lowest BCUT2D eigenvalue weighted by atomic mass is 10.1. The molecule has 17 heavy (non-hydrogen) atoms. The minimum absolute atomic E-state index is 0.0661. The van der Waals surface area contributed by atoms with E-state index in [-0.39, 0.29) is 11.9 Å². The summed E-state index contributed by atoms with van der Waals surface area (Å²) in [5, 5.41) is 13.7. The van der Waals surface area contributed by atoms with Crippen molar-refractivity contribution < 1.29 is 4.79 Å². The molecule has 0 aliphatic carbocycles. The van der Waals surface area contributed by atoms with Crippen LogP contribution in [0.5, 0.6) is 0 Å². The summed E-state index contributed by atoms with van der Waals surface area (Å²) < 4.78 is 0. The first-order chi connectivity index (χ1) is 8.20. The molecular formula is C12H16N4O. The van der Waals surface area contributed by atoms with E-state index in [2.05, 4.69) is 20.8 Å². The van der Waals surface area contributed by atoms with Gasteiger partial charge < -0.3 is 10.6 Å². The van der Waals surface area contributed by atoms with E-state index >= 15 is 0 Å². The number of benzene rings is 1. The minimum atomic E-state index is -0.0661. The summed E-state index contributed by atoms with van der Waals surface area (Å²) >= 11 is 0. The molecule has 90 valence electrons. The van der Waals surface area contributed by atoms with Gasteiger partial charge in [-0.1, -0.05) is 6.07 Å². The van der Waals surface area contributed by atoms with Crippen molar-refractivity contribution in [2.24, 2.45) is 0 Å². The average Bonchev–Trinajstić information content (AvgIpc) is 2.82. The number of fused-ring (bicyclic) bond motifs is 1. The molecule has 3 N–H and O–H groups in total. The van der Waals surface area contributed by atoms with Gasteiger partial charge in [-0.25, -0.2) is 0 Å². The van der Waals surface area contributed by atoms with Gasteiger partial charge in [0.1, 0.15) is 0 Å². The van der Waals surface area contributed by atoms with E-state index < -0.39 is 0 Å². The maximum atomic E-state index is 11.9. The zero-order chi connectivity index (χ0) is 12.3. The molecule has 0 spiro atoms. The van der Waals surface area contributed by atoms with E-state index in [0.717, 1.165) is 10.9 Å². The lowest BCUT2D eigenvalue weighted by Gasteiger charge is -2.11. The van der Waals surface area contributed by atoms with E-state index in [4.69, 9.17) is 0 Å². The third-order valence-electron chi connectivity index (χ3n) is 2.77. The van der Waals surface area contributed by atoms with E-state index in [1.807, 2.05) is 26.1 Å². The summed E-state index contributed by atoms with van der Waals surface area (Å²) in [5.41, 5.74) is 1.52. The number of aromatic amines is 1. The Kier molecular flexibility index (Phi) is 3.39. The first kappa shape index (κ1) is 11.6. The number of H-pyrrole nitrogens is 1. The van der Waals surface area contributed by atoms with Gasteiger partial charge in [-0.3, -0.25) is 9.89 Å². The zero-order valence-electron chi connectivity index (χ0n) is 9.95. The van der Waals surface area contributed by atoms with Crippen molar-refractivity contribution in [3.63, 3.8) is 0 Å². The Morgan fingerprint density at radius 1 is 1.53 bits per heavy atom. The van der Waals surface area contributed by atoms with Gasteiger partial charge in [0.05, 0.1) is 11.7 Å². The zero-order valence-corrected chi connectivity index (χ0v) is 9.95. The summed E-state index contributed by atoms with van der Waals surface area (Å²) in [6.45, 7) is 2.62. The van der Waals surface area contributed by atoms with Gasteiger partial charge in [0.25, 0.3) is 5.91 Å². The van der Waals surface area contributed by atoms with Crippen LogP contribution in [0.4, 0.5) is 0 Å². The van der Waals surface area contributed by atoms with Crippen molar-refractivity contribution >= 4 is 16.8 Å². The molecular weight excluding hydrogens is 216 g/mol. The second kappa shape index (κ2) is 4.97.